The second kappa shape index (κ2) is 4.58. The first-order valence-electron chi connectivity index (χ1n) is 4.05. The number of aromatic nitrogens is 1. The number of rotatable bonds is 3. The van der Waals surface area contributed by atoms with Gasteiger partial charge in [-0.3, -0.25) is 4.98 Å². The fourth-order valence-electron chi connectivity index (χ4n) is 0.757. The molecule has 1 aromatic rings. The smallest absolute Gasteiger partial charge is 0.155 e. The third kappa shape index (κ3) is 2.97. The van der Waals surface area contributed by atoms with E-state index in [0.29, 0.717) is 4.90 Å². The van der Waals surface area contributed by atoms with E-state index in [-0.39, 0.29) is 11.1 Å². The molecule has 1 rings (SSSR count). The standard InChI is InChI=1S/C9H12FNOS/c1-6(12)7(2)13-9-3-4-11-5-8(9)10/h3-7,12H,1-2H3. The van der Waals surface area contributed by atoms with Crippen molar-refractivity contribution < 1.29 is 9.50 Å². The minimum Gasteiger partial charge on any atom is -0.392 e. The van der Waals surface area contributed by atoms with E-state index < -0.39 is 6.10 Å². The summed E-state index contributed by atoms with van der Waals surface area (Å²) in [6, 6.07) is 1.61. The van der Waals surface area contributed by atoms with E-state index in [9.17, 15) is 9.50 Å². The zero-order valence-electron chi connectivity index (χ0n) is 7.57. The minimum absolute atomic E-state index is 0.0168. The Morgan fingerprint density at radius 3 is 2.77 bits per heavy atom. The summed E-state index contributed by atoms with van der Waals surface area (Å²) in [6.45, 7) is 3.55. The summed E-state index contributed by atoms with van der Waals surface area (Å²) in [7, 11) is 0. The Morgan fingerprint density at radius 2 is 2.23 bits per heavy atom. The summed E-state index contributed by atoms with van der Waals surface area (Å²) < 4.78 is 13.0. The highest BCUT2D eigenvalue weighted by Gasteiger charge is 2.12. The number of nitrogens with zero attached hydrogens (tertiary/aromatic N) is 1. The molecule has 0 aromatic carbocycles. The van der Waals surface area contributed by atoms with E-state index >= 15 is 0 Å². The second-order valence-corrected chi connectivity index (χ2v) is 4.29. The zero-order chi connectivity index (χ0) is 9.84. The van der Waals surface area contributed by atoms with Crippen LogP contribution in [-0.2, 0) is 0 Å². The van der Waals surface area contributed by atoms with Crippen molar-refractivity contribution in [3.05, 3.63) is 24.3 Å². The predicted octanol–water partition coefficient (Wildman–Crippen LogP) is 2.08. The van der Waals surface area contributed by atoms with Gasteiger partial charge in [-0.15, -0.1) is 11.8 Å². The third-order valence-electron chi connectivity index (χ3n) is 1.73. The Kier molecular flexibility index (Phi) is 3.69. The van der Waals surface area contributed by atoms with E-state index in [1.54, 1.807) is 19.2 Å². The molecule has 1 N–H and O–H groups in total. The summed E-state index contributed by atoms with van der Waals surface area (Å²) in [6.07, 6.45) is 2.27. The van der Waals surface area contributed by atoms with Crippen molar-refractivity contribution >= 4 is 11.8 Å². The lowest BCUT2D eigenvalue weighted by molar-refractivity contribution is 0.196. The van der Waals surface area contributed by atoms with Gasteiger partial charge in [0.15, 0.2) is 5.82 Å². The number of hydrogen-bond donors (Lipinski definition) is 1. The van der Waals surface area contributed by atoms with Gasteiger partial charge < -0.3 is 5.11 Å². The predicted molar refractivity (Wildman–Crippen MR) is 51.2 cm³/mol. The Bertz CT molecular complexity index is 280. The van der Waals surface area contributed by atoms with E-state index in [0.717, 1.165) is 0 Å². The van der Waals surface area contributed by atoms with Crippen LogP contribution in [0.4, 0.5) is 4.39 Å². The van der Waals surface area contributed by atoms with Crippen molar-refractivity contribution in [2.24, 2.45) is 0 Å². The highest BCUT2D eigenvalue weighted by Crippen LogP contribution is 2.26. The SMILES string of the molecule is CC(O)C(C)Sc1ccncc1F. The lowest BCUT2D eigenvalue weighted by atomic mass is 10.3. The highest BCUT2D eigenvalue weighted by molar-refractivity contribution is 8.00. The molecule has 0 aliphatic carbocycles. The van der Waals surface area contributed by atoms with E-state index in [1.165, 1.54) is 18.0 Å². The summed E-state index contributed by atoms with van der Waals surface area (Å²) >= 11 is 1.31. The van der Waals surface area contributed by atoms with Crippen LogP contribution in [0.1, 0.15) is 13.8 Å². The van der Waals surface area contributed by atoms with Crippen LogP contribution in [0.5, 0.6) is 0 Å². The molecular formula is C9H12FNOS. The summed E-state index contributed by atoms with van der Waals surface area (Å²) in [5, 5.41) is 9.20. The molecule has 2 atom stereocenters. The van der Waals surface area contributed by atoms with Gasteiger partial charge in [0.1, 0.15) is 0 Å². The summed E-state index contributed by atoms with van der Waals surface area (Å²) in [5.74, 6) is -0.333. The lowest BCUT2D eigenvalue weighted by Crippen LogP contribution is -2.15. The first-order valence-corrected chi connectivity index (χ1v) is 4.93. The quantitative estimate of drug-likeness (QED) is 0.760. The van der Waals surface area contributed by atoms with Crippen LogP contribution in [0.3, 0.4) is 0 Å². The van der Waals surface area contributed by atoms with Crippen LogP contribution < -0.4 is 0 Å². The topological polar surface area (TPSA) is 33.1 Å². The van der Waals surface area contributed by atoms with Gasteiger partial charge in [-0.05, 0) is 13.0 Å². The number of halogens is 1. The Labute approximate surface area is 81.2 Å². The average Bonchev–Trinajstić information content (AvgIpc) is 2.08. The molecule has 0 saturated heterocycles. The maximum absolute atomic E-state index is 13.0. The van der Waals surface area contributed by atoms with Crippen LogP contribution in [0, 0.1) is 5.82 Å². The van der Waals surface area contributed by atoms with Crippen LogP contribution in [0.15, 0.2) is 23.4 Å². The van der Waals surface area contributed by atoms with Crippen LogP contribution in [0.2, 0.25) is 0 Å². The monoisotopic (exact) mass is 201 g/mol. The number of pyridine rings is 1. The Balaban J connectivity index is 2.69. The van der Waals surface area contributed by atoms with E-state index in [1.807, 2.05) is 6.92 Å². The second-order valence-electron chi connectivity index (χ2n) is 2.87. The molecule has 2 nitrogen and oxygen atoms in total. The van der Waals surface area contributed by atoms with Crippen LogP contribution in [0.25, 0.3) is 0 Å². The minimum atomic E-state index is -0.447. The molecule has 0 saturated carbocycles. The van der Waals surface area contributed by atoms with Gasteiger partial charge in [0.25, 0.3) is 0 Å². The fourth-order valence-corrected chi connectivity index (χ4v) is 1.66. The molecule has 0 bridgehead atoms. The van der Waals surface area contributed by atoms with E-state index in [2.05, 4.69) is 4.98 Å². The molecule has 4 heteroatoms. The van der Waals surface area contributed by atoms with E-state index in [4.69, 9.17) is 0 Å². The molecule has 0 amide bonds. The number of aliphatic hydroxyl groups is 1. The summed E-state index contributed by atoms with van der Waals surface area (Å²) in [5.41, 5.74) is 0. The third-order valence-corrected chi connectivity index (χ3v) is 3.08. The van der Waals surface area contributed by atoms with Crippen molar-refractivity contribution in [3.63, 3.8) is 0 Å². The molecule has 0 fully saturated rings. The van der Waals surface area contributed by atoms with Gasteiger partial charge in [-0.25, -0.2) is 4.39 Å². The normalized spacial score (nSPS) is 15.4. The molecule has 1 aromatic heterocycles. The highest BCUT2D eigenvalue weighted by atomic mass is 32.2. The van der Waals surface area contributed by atoms with Crippen molar-refractivity contribution in [3.8, 4) is 0 Å². The molecule has 0 aliphatic heterocycles. The zero-order valence-corrected chi connectivity index (χ0v) is 8.38. The van der Waals surface area contributed by atoms with Crippen molar-refractivity contribution in [1.29, 1.82) is 0 Å². The number of aliphatic hydroxyl groups excluding tert-OH is 1. The lowest BCUT2D eigenvalue weighted by Gasteiger charge is -2.13. The Hall–Kier alpha value is -0.610. The molecule has 1 heterocycles. The van der Waals surface area contributed by atoms with Gasteiger partial charge in [0.2, 0.25) is 0 Å². The molecule has 0 radical (unpaired) electrons. The Morgan fingerprint density at radius 1 is 1.54 bits per heavy atom. The van der Waals surface area contributed by atoms with Crippen LogP contribution in [-0.4, -0.2) is 21.4 Å². The number of hydrogen-bond acceptors (Lipinski definition) is 3. The molecule has 13 heavy (non-hydrogen) atoms. The van der Waals surface area contributed by atoms with Crippen LogP contribution >= 0.6 is 11.8 Å². The summed E-state index contributed by atoms with van der Waals surface area (Å²) in [4.78, 5) is 4.18. The molecule has 0 aliphatic rings. The molecule has 72 valence electrons. The molecule has 0 spiro atoms. The molecular weight excluding hydrogens is 189 g/mol. The van der Waals surface area contributed by atoms with Gasteiger partial charge in [0.05, 0.1) is 12.3 Å². The fraction of sp³-hybridized carbons (Fsp3) is 0.444. The van der Waals surface area contributed by atoms with Gasteiger partial charge >= 0.3 is 0 Å². The first kappa shape index (κ1) is 10.5. The van der Waals surface area contributed by atoms with Gasteiger partial charge in [0, 0.05) is 16.3 Å². The largest absolute Gasteiger partial charge is 0.392 e. The maximum Gasteiger partial charge on any atom is 0.155 e. The van der Waals surface area contributed by atoms with Crippen molar-refractivity contribution in [2.45, 2.75) is 30.1 Å². The first-order chi connectivity index (χ1) is 6.11. The van der Waals surface area contributed by atoms with Crippen molar-refractivity contribution in [2.75, 3.05) is 0 Å². The van der Waals surface area contributed by atoms with Crippen molar-refractivity contribution in [1.82, 2.24) is 4.98 Å². The number of thioether (sulfide) groups is 1. The van der Waals surface area contributed by atoms with Gasteiger partial charge in [-0.1, -0.05) is 6.92 Å². The maximum atomic E-state index is 13.0. The van der Waals surface area contributed by atoms with Gasteiger partial charge in [-0.2, -0.15) is 0 Å². The average molecular weight is 201 g/mol. The molecule has 2 unspecified atom stereocenters.